The molecule has 1 rings (SSSR count). The Bertz CT molecular complexity index is 203. The summed E-state index contributed by atoms with van der Waals surface area (Å²) < 4.78 is 0. The summed E-state index contributed by atoms with van der Waals surface area (Å²) in [6.45, 7) is 6.02. The molecule has 1 heterocycles. The Balaban J connectivity index is 2.41. The van der Waals surface area contributed by atoms with Crippen LogP contribution in [-0.4, -0.2) is 29.9 Å². The number of amides is 1. The van der Waals surface area contributed by atoms with Crippen LogP contribution in [0, 0.1) is 5.92 Å². The van der Waals surface area contributed by atoms with Crippen LogP contribution in [0.5, 0.6) is 0 Å². The molecule has 1 saturated heterocycles. The van der Waals surface area contributed by atoms with E-state index in [4.69, 9.17) is 5.73 Å². The zero-order valence-electron chi connectivity index (χ0n) is 10.7. The predicted octanol–water partition coefficient (Wildman–Crippen LogP) is 2.15. The second-order valence-corrected chi connectivity index (χ2v) is 4.91. The Morgan fingerprint density at radius 2 is 2.00 bits per heavy atom. The number of likely N-dealkylation sites (tertiary alicyclic amines) is 1. The molecule has 16 heavy (non-hydrogen) atoms. The SMILES string of the molecule is CCCCC(CC)C(=O)N1CCC(N)CC1. The number of rotatable bonds is 5. The molecule has 2 N–H and O–H groups in total. The first-order chi connectivity index (χ1) is 7.69. The van der Waals surface area contributed by atoms with Crippen molar-refractivity contribution < 1.29 is 4.79 Å². The maximum atomic E-state index is 12.2. The van der Waals surface area contributed by atoms with E-state index < -0.39 is 0 Å². The topological polar surface area (TPSA) is 46.3 Å². The highest BCUT2D eigenvalue weighted by Crippen LogP contribution is 2.18. The van der Waals surface area contributed by atoms with Gasteiger partial charge in [-0.1, -0.05) is 26.7 Å². The monoisotopic (exact) mass is 226 g/mol. The summed E-state index contributed by atoms with van der Waals surface area (Å²) in [5.74, 6) is 0.608. The summed E-state index contributed by atoms with van der Waals surface area (Å²) in [4.78, 5) is 14.2. The number of carbonyl (C=O) groups is 1. The normalized spacial score (nSPS) is 19.8. The van der Waals surface area contributed by atoms with Crippen molar-refractivity contribution in [3.05, 3.63) is 0 Å². The summed E-state index contributed by atoms with van der Waals surface area (Å²) in [6.07, 6.45) is 6.30. The van der Waals surface area contributed by atoms with Crippen molar-refractivity contribution in [3.8, 4) is 0 Å². The first kappa shape index (κ1) is 13.5. The molecule has 0 bridgehead atoms. The highest BCUT2D eigenvalue weighted by molar-refractivity contribution is 5.78. The number of unbranched alkanes of at least 4 members (excludes halogenated alkanes) is 1. The highest BCUT2D eigenvalue weighted by atomic mass is 16.2. The van der Waals surface area contributed by atoms with Gasteiger partial charge in [0, 0.05) is 25.0 Å². The molecule has 1 amide bonds. The van der Waals surface area contributed by atoms with Crippen LogP contribution >= 0.6 is 0 Å². The third-order valence-electron chi connectivity index (χ3n) is 3.60. The highest BCUT2D eigenvalue weighted by Gasteiger charge is 2.25. The van der Waals surface area contributed by atoms with Crippen molar-refractivity contribution >= 4 is 5.91 Å². The van der Waals surface area contributed by atoms with E-state index in [1.54, 1.807) is 0 Å². The maximum absolute atomic E-state index is 12.2. The lowest BCUT2D eigenvalue weighted by molar-refractivity contribution is -0.137. The van der Waals surface area contributed by atoms with E-state index in [1.165, 1.54) is 6.42 Å². The minimum Gasteiger partial charge on any atom is -0.342 e. The Hall–Kier alpha value is -0.570. The first-order valence-corrected chi connectivity index (χ1v) is 6.73. The number of hydrogen-bond donors (Lipinski definition) is 1. The van der Waals surface area contributed by atoms with E-state index in [-0.39, 0.29) is 5.92 Å². The van der Waals surface area contributed by atoms with Gasteiger partial charge in [0.1, 0.15) is 0 Å². The van der Waals surface area contributed by atoms with Crippen LogP contribution in [0.25, 0.3) is 0 Å². The van der Waals surface area contributed by atoms with Gasteiger partial charge < -0.3 is 10.6 Å². The van der Waals surface area contributed by atoms with Crippen molar-refractivity contribution in [2.24, 2.45) is 11.7 Å². The fourth-order valence-electron chi connectivity index (χ4n) is 2.33. The minimum atomic E-state index is 0.245. The zero-order chi connectivity index (χ0) is 12.0. The number of carbonyl (C=O) groups excluding carboxylic acids is 1. The van der Waals surface area contributed by atoms with Gasteiger partial charge in [-0.05, 0) is 25.7 Å². The summed E-state index contributed by atoms with van der Waals surface area (Å²) in [5.41, 5.74) is 5.85. The van der Waals surface area contributed by atoms with Crippen molar-refractivity contribution in [1.82, 2.24) is 4.90 Å². The molecular formula is C13H26N2O. The van der Waals surface area contributed by atoms with Gasteiger partial charge in [0.15, 0.2) is 0 Å². The van der Waals surface area contributed by atoms with Gasteiger partial charge in [-0.25, -0.2) is 0 Å². The lowest BCUT2D eigenvalue weighted by Gasteiger charge is -2.32. The molecular weight excluding hydrogens is 200 g/mol. The lowest BCUT2D eigenvalue weighted by Crippen LogP contribution is -2.45. The smallest absolute Gasteiger partial charge is 0.225 e. The number of hydrogen-bond acceptors (Lipinski definition) is 2. The molecule has 0 aliphatic carbocycles. The van der Waals surface area contributed by atoms with Crippen molar-refractivity contribution in [1.29, 1.82) is 0 Å². The molecule has 1 unspecified atom stereocenters. The van der Waals surface area contributed by atoms with Crippen LogP contribution < -0.4 is 5.73 Å². The molecule has 3 nitrogen and oxygen atoms in total. The van der Waals surface area contributed by atoms with Gasteiger partial charge in [-0.3, -0.25) is 4.79 Å². The van der Waals surface area contributed by atoms with Crippen LogP contribution in [0.15, 0.2) is 0 Å². The number of nitrogens with zero attached hydrogens (tertiary/aromatic N) is 1. The van der Waals surface area contributed by atoms with Gasteiger partial charge in [-0.2, -0.15) is 0 Å². The Morgan fingerprint density at radius 1 is 1.38 bits per heavy atom. The Labute approximate surface area is 99.4 Å². The molecule has 0 spiro atoms. The van der Waals surface area contributed by atoms with Gasteiger partial charge >= 0.3 is 0 Å². The van der Waals surface area contributed by atoms with Crippen LogP contribution in [0.2, 0.25) is 0 Å². The van der Waals surface area contributed by atoms with E-state index in [0.717, 1.165) is 45.2 Å². The van der Waals surface area contributed by atoms with E-state index in [0.29, 0.717) is 11.9 Å². The minimum absolute atomic E-state index is 0.245. The molecule has 1 atom stereocenters. The quantitative estimate of drug-likeness (QED) is 0.781. The first-order valence-electron chi connectivity index (χ1n) is 6.73. The number of nitrogens with two attached hydrogens (primary N) is 1. The van der Waals surface area contributed by atoms with Crippen LogP contribution in [0.1, 0.15) is 52.4 Å². The predicted molar refractivity (Wildman–Crippen MR) is 67.1 cm³/mol. The molecule has 0 saturated carbocycles. The summed E-state index contributed by atoms with van der Waals surface area (Å²) in [7, 11) is 0. The number of piperidine rings is 1. The average molecular weight is 226 g/mol. The average Bonchev–Trinajstić information content (AvgIpc) is 2.30. The molecule has 3 heteroatoms. The summed E-state index contributed by atoms with van der Waals surface area (Å²) in [6, 6.07) is 0.305. The van der Waals surface area contributed by atoms with E-state index in [1.807, 2.05) is 4.90 Å². The van der Waals surface area contributed by atoms with Crippen LogP contribution in [-0.2, 0) is 4.79 Å². The Morgan fingerprint density at radius 3 is 2.50 bits per heavy atom. The lowest BCUT2D eigenvalue weighted by atomic mass is 9.96. The van der Waals surface area contributed by atoms with Gasteiger partial charge in [0.05, 0.1) is 0 Å². The molecule has 1 aliphatic rings. The van der Waals surface area contributed by atoms with Crippen molar-refractivity contribution in [2.75, 3.05) is 13.1 Å². The zero-order valence-corrected chi connectivity index (χ0v) is 10.7. The van der Waals surface area contributed by atoms with E-state index in [2.05, 4.69) is 13.8 Å². The van der Waals surface area contributed by atoms with E-state index >= 15 is 0 Å². The fourth-order valence-corrected chi connectivity index (χ4v) is 2.33. The largest absolute Gasteiger partial charge is 0.342 e. The second-order valence-electron chi connectivity index (χ2n) is 4.91. The van der Waals surface area contributed by atoms with Gasteiger partial charge in [0.2, 0.25) is 5.91 Å². The maximum Gasteiger partial charge on any atom is 0.225 e. The fraction of sp³-hybridized carbons (Fsp3) is 0.923. The van der Waals surface area contributed by atoms with Crippen LogP contribution in [0.4, 0.5) is 0 Å². The standard InChI is InChI=1S/C13H26N2O/c1-3-5-6-11(4-2)13(16)15-9-7-12(14)8-10-15/h11-12H,3-10,14H2,1-2H3. The van der Waals surface area contributed by atoms with Gasteiger partial charge in [0.25, 0.3) is 0 Å². The third kappa shape index (κ3) is 3.78. The molecule has 1 fully saturated rings. The molecule has 0 radical (unpaired) electrons. The summed E-state index contributed by atoms with van der Waals surface area (Å²) >= 11 is 0. The van der Waals surface area contributed by atoms with Gasteiger partial charge in [-0.15, -0.1) is 0 Å². The van der Waals surface area contributed by atoms with Crippen LogP contribution in [0.3, 0.4) is 0 Å². The van der Waals surface area contributed by atoms with Crippen molar-refractivity contribution in [3.63, 3.8) is 0 Å². The molecule has 94 valence electrons. The molecule has 1 aliphatic heterocycles. The Kier molecular flexibility index (Phi) is 5.81. The second kappa shape index (κ2) is 6.89. The molecule has 0 aromatic heterocycles. The molecule has 0 aromatic rings. The molecule has 0 aromatic carbocycles. The van der Waals surface area contributed by atoms with E-state index in [9.17, 15) is 4.79 Å². The van der Waals surface area contributed by atoms with Crippen molar-refractivity contribution in [2.45, 2.75) is 58.4 Å². The third-order valence-corrected chi connectivity index (χ3v) is 3.60. The summed E-state index contributed by atoms with van der Waals surface area (Å²) in [5, 5.41) is 0.